The molecule has 114 valence electrons. The Hall–Kier alpha value is -1.55. The first-order valence-corrected chi connectivity index (χ1v) is 8.00. The quantitative estimate of drug-likeness (QED) is 0.928. The summed E-state index contributed by atoms with van der Waals surface area (Å²) in [6.07, 6.45) is 4.04. The fraction of sp³-hybridized carbons (Fsp3) is 0.588. The second-order valence-corrected chi connectivity index (χ2v) is 6.39. The van der Waals surface area contributed by atoms with Gasteiger partial charge in [0.05, 0.1) is 0 Å². The van der Waals surface area contributed by atoms with E-state index in [2.05, 4.69) is 48.5 Å². The highest BCUT2D eigenvalue weighted by Crippen LogP contribution is 2.25. The van der Waals surface area contributed by atoms with E-state index >= 15 is 0 Å². The van der Waals surface area contributed by atoms with Gasteiger partial charge in [0.1, 0.15) is 0 Å². The van der Waals surface area contributed by atoms with Crippen LogP contribution < -0.4 is 10.2 Å². The molecule has 4 nitrogen and oxygen atoms in total. The zero-order valence-electron chi connectivity index (χ0n) is 13.0. The number of amides is 1. The molecule has 1 amide bonds. The van der Waals surface area contributed by atoms with Crippen molar-refractivity contribution in [2.24, 2.45) is 0 Å². The van der Waals surface area contributed by atoms with Crippen LogP contribution in [-0.2, 0) is 4.79 Å². The van der Waals surface area contributed by atoms with Gasteiger partial charge in [0.15, 0.2) is 0 Å². The normalized spacial score (nSPS) is 27.1. The van der Waals surface area contributed by atoms with Gasteiger partial charge in [-0.1, -0.05) is 0 Å². The molecule has 2 fully saturated rings. The number of carbonyl (C=O) groups is 1. The van der Waals surface area contributed by atoms with Gasteiger partial charge >= 0.3 is 0 Å². The van der Waals surface area contributed by atoms with Crippen LogP contribution in [0.4, 0.5) is 11.4 Å². The van der Waals surface area contributed by atoms with E-state index in [1.807, 2.05) is 4.90 Å². The van der Waals surface area contributed by atoms with Crippen molar-refractivity contribution in [2.45, 2.75) is 44.7 Å². The molecule has 0 radical (unpaired) electrons. The maximum Gasteiger partial charge on any atom is 0.227 e. The molecule has 2 heterocycles. The summed E-state index contributed by atoms with van der Waals surface area (Å²) in [5, 5.41) is 3.63. The van der Waals surface area contributed by atoms with Crippen LogP contribution in [-0.4, -0.2) is 43.0 Å². The zero-order chi connectivity index (χ0) is 14.8. The molecule has 1 aromatic carbocycles. The Bertz CT molecular complexity index is 499. The molecule has 3 rings (SSSR count). The van der Waals surface area contributed by atoms with Gasteiger partial charge in [-0.2, -0.15) is 0 Å². The third-order valence-corrected chi connectivity index (χ3v) is 4.83. The third kappa shape index (κ3) is 3.21. The van der Waals surface area contributed by atoms with Crippen molar-refractivity contribution in [3.8, 4) is 0 Å². The summed E-state index contributed by atoms with van der Waals surface area (Å²) in [5.41, 5.74) is 2.19. The SMILES string of the molecule is CC1CC(Nc2ccc(N3CCCC3=O)cc2)CCN1C. The molecule has 2 unspecified atom stereocenters. The van der Waals surface area contributed by atoms with Crippen molar-refractivity contribution in [3.05, 3.63) is 24.3 Å². The Morgan fingerprint density at radius 2 is 1.95 bits per heavy atom. The number of likely N-dealkylation sites (tertiary alicyclic amines) is 1. The molecule has 0 saturated carbocycles. The summed E-state index contributed by atoms with van der Waals surface area (Å²) in [5.74, 6) is 0.250. The predicted octanol–water partition coefficient (Wildman–Crippen LogP) is 2.71. The first kappa shape index (κ1) is 14.4. The molecule has 0 bridgehead atoms. The van der Waals surface area contributed by atoms with E-state index < -0.39 is 0 Å². The molecule has 1 N–H and O–H groups in total. The van der Waals surface area contributed by atoms with E-state index in [4.69, 9.17) is 0 Å². The number of anilines is 2. The summed E-state index contributed by atoms with van der Waals surface area (Å²) in [4.78, 5) is 16.1. The molecule has 2 aliphatic rings. The Balaban J connectivity index is 1.61. The molecule has 1 aromatic rings. The maximum absolute atomic E-state index is 11.7. The maximum atomic E-state index is 11.7. The van der Waals surface area contributed by atoms with E-state index in [9.17, 15) is 4.79 Å². The number of hydrogen-bond donors (Lipinski definition) is 1. The first-order valence-electron chi connectivity index (χ1n) is 8.00. The molecule has 2 aliphatic heterocycles. The van der Waals surface area contributed by atoms with Gasteiger partial charge in [-0.25, -0.2) is 0 Å². The summed E-state index contributed by atoms with van der Waals surface area (Å²) in [7, 11) is 2.20. The van der Waals surface area contributed by atoms with Crippen LogP contribution in [0, 0.1) is 0 Å². The molecular weight excluding hydrogens is 262 g/mol. The van der Waals surface area contributed by atoms with E-state index in [1.165, 1.54) is 12.8 Å². The smallest absolute Gasteiger partial charge is 0.227 e. The fourth-order valence-corrected chi connectivity index (χ4v) is 3.31. The number of rotatable bonds is 3. The van der Waals surface area contributed by atoms with Crippen molar-refractivity contribution in [3.63, 3.8) is 0 Å². The number of nitrogens with one attached hydrogen (secondary N) is 1. The van der Waals surface area contributed by atoms with Crippen LogP contribution in [0.5, 0.6) is 0 Å². The fourth-order valence-electron chi connectivity index (χ4n) is 3.31. The molecule has 2 atom stereocenters. The molecule has 2 saturated heterocycles. The van der Waals surface area contributed by atoms with Crippen molar-refractivity contribution in [2.75, 3.05) is 30.4 Å². The highest BCUT2D eigenvalue weighted by Gasteiger charge is 2.23. The van der Waals surface area contributed by atoms with Gasteiger partial charge in [0.25, 0.3) is 0 Å². The van der Waals surface area contributed by atoms with Crippen molar-refractivity contribution in [1.82, 2.24) is 4.90 Å². The topological polar surface area (TPSA) is 35.6 Å². The number of hydrogen-bond acceptors (Lipinski definition) is 3. The molecule has 21 heavy (non-hydrogen) atoms. The molecule has 0 aromatic heterocycles. The van der Waals surface area contributed by atoms with Crippen LogP contribution in [0.15, 0.2) is 24.3 Å². The van der Waals surface area contributed by atoms with Crippen LogP contribution >= 0.6 is 0 Å². The standard InChI is InChI=1S/C17H25N3O/c1-13-12-15(9-11-19(13)2)18-14-5-7-16(8-6-14)20-10-3-4-17(20)21/h5-8,13,15,18H,3-4,9-12H2,1-2H3. The lowest BCUT2D eigenvalue weighted by Crippen LogP contribution is -2.42. The van der Waals surface area contributed by atoms with E-state index in [0.29, 0.717) is 18.5 Å². The molecule has 0 spiro atoms. The summed E-state index contributed by atoms with van der Waals surface area (Å²) in [6, 6.07) is 9.51. The Morgan fingerprint density at radius 3 is 2.57 bits per heavy atom. The number of piperidine rings is 1. The lowest BCUT2D eigenvalue weighted by atomic mass is 9.98. The minimum atomic E-state index is 0.250. The van der Waals surface area contributed by atoms with Crippen molar-refractivity contribution in [1.29, 1.82) is 0 Å². The van der Waals surface area contributed by atoms with Crippen molar-refractivity contribution < 1.29 is 4.79 Å². The lowest BCUT2D eigenvalue weighted by molar-refractivity contribution is -0.117. The Kier molecular flexibility index (Phi) is 4.15. The van der Waals surface area contributed by atoms with E-state index in [-0.39, 0.29) is 5.91 Å². The number of benzene rings is 1. The highest BCUT2D eigenvalue weighted by molar-refractivity contribution is 5.95. The monoisotopic (exact) mass is 287 g/mol. The van der Waals surface area contributed by atoms with Gasteiger partial charge in [0, 0.05) is 43.0 Å². The second kappa shape index (κ2) is 6.06. The van der Waals surface area contributed by atoms with Crippen LogP contribution in [0.3, 0.4) is 0 Å². The summed E-state index contributed by atoms with van der Waals surface area (Å²) in [6.45, 7) is 4.30. The van der Waals surface area contributed by atoms with Crippen LogP contribution in [0.1, 0.15) is 32.6 Å². The summed E-state index contributed by atoms with van der Waals surface area (Å²) >= 11 is 0. The highest BCUT2D eigenvalue weighted by atomic mass is 16.2. The lowest BCUT2D eigenvalue weighted by Gasteiger charge is -2.35. The van der Waals surface area contributed by atoms with Crippen LogP contribution in [0.2, 0.25) is 0 Å². The zero-order valence-corrected chi connectivity index (χ0v) is 13.0. The van der Waals surface area contributed by atoms with E-state index in [0.717, 1.165) is 30.9 Å². The Morgan fingerprint density at radius 1 is 1.19 bits per heavy atom. The Labute approximate surface area is 127 Å². The largest absolute Gasteiger partial charge is 0.382 e. The minimum Gasteiger partial charge on any atom is -0.382 e. The summed E-state index contributed by atoms with van der Waals surface area (Å²) < 4.78 is 0. The number of nitrogens with zero attached hydrogens (tertiary/aromatic N) is 2. The molecule has 0 aliphatic carbocycles. The molecule has 4 heteroatoms. The van der Waals surface area contributed by atoms with Crippen LogP contribution in [0.25, 0.3) is 0 Å². The third-order valence-electron chi connectivity index (χ3n) is 4.83. The van der Waals surface area contributed by atoms with Gasteiger partial charge < -0.3 is 15.1 Å². The second-order valence-electron chi connectivity index (χ2n) is 6.39. The predicted molar refractivity (Wildman–Crippen MR) is 86.8 cm³/mol. The van der Waals surface area contributed by atoms with Gasteiger partial charge in [-0.15, -0.1) is 0 Å². The minimum absolute atomic E-state index is 0.250. The number of carbonyl (C=O) groups excluding carboxylic acids is 1. The average Bonchev–Trinajstić information content (AvgIpc) is 2.90. The van der Waals surface area contributed by atoms with Crippen molar-refractivity contribution >= 4 is 17.3 Å². The van der Waals surface area contributed by atoms with Gasteiger partial charge in [0.2, 0.25) is 5.91 Å². The van der Waals surface area contributed by atoms with E-state index in [1.54, 1.807) is 0 Å². The first-order chi connectivity index (χ1) is 10.1. The average molecular weight is 287 g/mol. The van der Waals surface area contributed by atoms with Gasteiger partial charge in [-0.3, -0.25) is 4.79 Å². The van der Waals surface area contributed by atoms with Gasteiger partial charge in [-0.05, 0) is 57.5 Å². The molecular formula is C17H25N3O.